The molecule has 0 radical (unpaired) electrons. The first-order valence-corrected chi connectivity index (χ1v) is 8.24. The fraction of sp³-hybridized carbons (Fsp3) is 0.263. The van der Waals surface area contributed by atoms with Gasteiger partial charge in [0.2, 0.25) is 5.91 Å². The lowest BCUT2D eigenvalue weighted by molar-refractivity contribution is -0.119. The molecule has 0 unspecified atom stereocenters. The molecule has 0 fully saturated rings. The molecule has 0 atom stereocenters. The van der Waals surface area contributed by atoms with Crippen LogP contribution in [0.1, 0.15) is 5.56 Å². The monoisotopic (exact) mass is 500 g/mol. The van der Waals surface area contributed by atoms with E-state index < -0.39 is 0 Å². The van der Waals surface area contributed by atoms with E-state index in [2.05, 4.69) is 15.6 Å². The van der Waals surface area contributed by atoms with Gasteiger partial charge in [0.25, 0.3) is 0 Å². The van der Waals surface area contributed by atoms with Gasteiger partial charge in [-0.1, -0.05) is 12.1 Å². The predicted octanol–water partition coefficient (Wildman–Crippen LogP) is 2.37. The van der Waals surface area contributed by atoms with Crippen molar-refractivity contribution < 1.29 is 19.0 Å². The number of aliphatic imine (C=N–C) groups is 1. The molecule has 4 N–H and O–H groups in total. The molecule has 0 aliphatic rings. The molecule has 0 spiro atoms. The number of methoxy groups -OCH3 is 3. The molecule has 152 valence electrons. The first-order valence-electron chi connectivity index (χ1n) is 8.24. The molecule has 0 aromatic heterocycles. The van der Waals surface area contributed by atoms with Gasteiger partial charge in [-0.3, -0.25) is 4.79 Å². The number of guanidine groups is 1. The van der Waals surface area contributed by atoms with Crippen LogP contribution < -0.4 is 30.6 Å². The normalized spacial score (nSPS) is 10.5. The summed E-state index contributed by atoms with van der Waals surface area (Å²) in [5.74, 6) is 1.83. The van der Waals surface area contributed by atoms with Crippen molar-refractivity contribution in [2.75, 3.05) is 33.2 Å². The highest BCUT2D eigenvalue weighted by Crippen LogP contribution is 2.29. The molecule has 0 bridgehead atoms. The molecule has 9 heteroatoms. The van der Waals surface area contributed by atoms with Crippen molar-refractivity contribution in [1.82, 2.24) is 5.32 Å². The van der Waals surface area contributed by atoms with Gasteiger partial charge in [0.15, 0.2) is 17.5 Å². The van der Waals surface area contributed by atoms with Gasteiger partial charge in [0.1, 0.15) is 12.3 Å². The first kappa shape index (κ1) is 23.3. The average molecular weight is 500 g/mol. The summed E-state index contributed by atoms with van der Waals surface area (Å²) in [5.41, 5.74) is 7.46. The number of nitrogens with one attached hydrogen (secondary N) is 2. The van der Waals surface area contributed by atoms with Crippen LogP contribution in [0.15, 0.2) is 47.5 Å². The number of hydrogen-bond acceptors (Lipinski definition) is 5. The van der Waals surface area contributed by atoms with E-state index in [-0.39, 0.29) is 42.4 Å². The Hall–Kier alpha value is -2.69. The Kier molecular flexibility index (Phi) is 9.93. The summed E-state index contributed by atoms with van der Waals surface area (Å²) in [5, 5.41) is 5.69. The van der Waals surface area contributed by atoms with E-state index in [0.717, 1.165) is 11.3 Å². The molecule has 2 aromatic rings. The Balaban J connectivity index is 0.00000392. The second-order valence-electron chi connectivity index (χ2n) is 5.52. The Morgan fingerprint density at radius 1 is 1.00 bits per heavy atom. The maximum absolute atomic E-state index is 11.9. The Labute approximate surface area is 181 Å². The number of ether oxygens (including phenoxy) is 3. The number of halogens is 1. The van der Waals surface area contributed by atoms with Gasteiger partial charge in [-0.25, -0.2) is 4.99 Å². The molecule has 8 nitrogen and oxygen atoms in total. The molecule has 0 aliphatic heterocycles. The number of amides is 1. The highest BCUT2D eigenvalue weighted by molar-refractivity contribution is 14.0. The second kappa shape index (κ2) is 11.9. The summed E-state index contributed by atoms with van der Waals surface area (Å²) >= 11 is 0. The number of carbonyl (C=O) groups excluding carboxylic acids is 1. The fourth-order valence-corrected chi connectivity index (χ4v) is 2.26. The number of carbonyl (C=O) groups is 1. The zero-order valence-electron chi connectivity index (χ0n) is 16.0. The van der Waals surface area contributed by atoms with Gasteiger partial charge in [-0.15, -0.1) is 24.0 Å². The van der Waals surface area contributed by atoms with Crippen LogP contribution in [-0.4, -0.2) is 39.7 Å². The topological polar surface area (TPSA) is 107 Å². The minimum atomic E-state index is -0.233. The first-order chi connectivity index (χ1) is 13.0. The number of rotatable bonds is 8. The van der Waals surface area contributed by atoms with E-state index in [1.54, 1.807) is 39.5 Å². The SMILES string of the molecule is COc1ccc(CNC(=O)CN=C(N)Nc2ccc(OC)c(OC)c2)cc1.I. The summed E-state index contributed by atoms with van der Waals surface area (Å²) in [6, 6.07) is 12.7. The van der Waals surface area contributed by atoms with E-state index in [9.17, 15) is 4.79 Å². The summed E-state index contributed by atoms with van der Waals surface area (Å²) in [7, 11) is 4.72. The minimum Gasteiger partial charge on any atom is -0.497 e. The molecular formula is C19H25IN4O4. The van der Waals surface area contributed by atoms with Crippen LogP contribution >= 0.6 is 24.0 Å². The standard InChI is InChI=1S/C19H24N4O4.HI/c1-25-15-7-4-13(5-8-15)11-21-18(24)12-22-19(20)23-14-6-9-16(26-2)17(10-14)27-3;/h4-10H,11-12H2,1-3H3,(H,21,24)(H3,20,22,23);1H. The molecule has 0 saturated carbocycles. The van der Waals surface area contributed by atoms with Crippen LogP contribution in [0.25, 0.3) is 0 Å². The molecular weight excluding hydrogens is 475 g/mol. The maximum Gasteiger partial charge on any atom is 0.242 e. The van der Waals surface area contributed by atoms with Crippen molar-refractivity contribution in [2.24, 2.45) is 10.7 Å². The van der Waals surface area contributed by atoms with E-state index in [0.29, 0.717) is 23.7 Å². The number of nitrogens with zero attached hydrogens (tertiary/aromatic N) is 1. The van der Waals surface area contributed by atoms with Crippen LogP contribution in [0.5, 0.6) is 17.2 Å². The quantitative estimate of drug-likeness (QED) is 0.292. The van der Waals surface area contributed by atoms with Crippen molar-refractivity contribution >= 4 is 41.5 Å². The highest BCUT2D eigenvalue weighted by atomic mass is 127. The van der Waals surface area contributed by atoms with Gasteiger partial charge in [0.05, 0.1) is 21.3 Å². The van der Waals surface area contributed by atoms with Crippen molar-refractivity contribution in [2.45, 2.75) is 6.54 Å². The van der Waals surface area contributed by atoms with E-state index in [4.69, 9.17) is 19.9 Å². The lowest BCUT2D eigenvalue weighted by Gasteiger charge is -2.11. The maximum atomic E-state index is 11.9. The summed E-state index contributed by atoms with van der Waals surface area (Å²) in [6.45, 7) is 0.323. The zero-order chi connectivity index (χ0) is 19.6. The van der Waals surface area contributed by atoms with E-state index in [1.807, 2.05) is 24.3 Å². The van der Waals surface area contributed by atoms with Crippen molar-refractivity contribution in [3.8, 4) is 17.2 Å². The zero-order valence-corrected chi connectivity index (χ0v) is 18.4. The third kappa shape index (κ3) is 7.14. The predicted molar refractivity (Wildman–Crippen MR) is 120 cm³/mol. The number of hydrogen-bond donors (Lipinski definition) is 3. The van der Waals surface area contributed by atoms with Gasteiger partial charge in [0, 0.05) is 18.3 Å². The van der Waals surface area contributed by atoms with Crippen LogP contribution in [-0.2, 0) is 11.3 Å². The number of nitrogens with two attached hydrogens (primary N) is 1. The van der Waals surface area contributed by atoms with Crippen LogP contribution in [0, 0.1) is 0 Å². The van der Waals surface area contributed by atoms with Gasteiger partial charge >= 0.3 is 0 Å². The highest BCUT2D eigenvalue weighted by Gasteiger charge is 2.06. The lowest BCUT2D eigenvalue weighted by Crippen LogP contribution is -2.28. The molecule has 0 heterocycles. The van der Waals surface area contributed by atoms with Gasteiger partial charge in [-0.05, 0) is 29.8 Å². The largest absolute Gasteiger partial charge is 0.497 e. The second-order valence-corrected chi connectivity index (χ2v) is 5.52. The number of anilines is 1. The van der Waals surface area contributed by atoms with Gasteiger partial charge in [-0.2, -0.15) is 0 Å². The lowest BCUT2D eigenvalue weighted by atomic mass is 10.2. The molecule has 0 saturated heterocycles. The Morgan fingerprint density at radius 2 is 1.68 bits per heavy atom. The molecule has 1 amide bonds. The van der Waals surface area contributed by atoms with Crippen LogP contribution in [0.3, 0.4) is 0 Å². The minimum absolute atomic E-state index is 0. The summed E-state index contributed by atoms with van der Waals surface area (Å²) in [6.07, 6.45) is 0. The summed E-state index contributed by atoms with van der Waals surface area (Å²) < 4.78 is 15.5. The molecule has 0 aliphatic carbocycles. The fourth-order valence-electron chi connectivity index (χ4n) is 2.26. The van der Waals surface area contributed by atoms with E-state index >= 15 is 0 Å². The smallest absolute Gasteiger partial charge is 0.242 e. The van der Waals surface area contributed by atoms with Crippen molar-refractivity contribution in [3.05, 3.63) is 48.0 Å². The van der Waals surface area contributed by atoms with Crippen LogP contribution in [0.4, 0.5) is 5.69 Å². The third-order valence-electron chi connectivity index (χ3n) is 3.70. The van der Waals surface area contributed by atoms with Crippen LogP contribution in [0.2, 0.25) is 0 Å². The van der Waals surface area contributed by atoms with E-state index in [1.165, 1.54) is 0 Å². The average Bonchev–Trinajstić information content (AvgIpc) is 2.70. The molecule has 28 heavy (non-hydrogen) atoms. The van der Waals surface area contributed by atoms with Gasteiger partial charge < -0.3 is 30.6 Å². The van der Waals surface area contributed by atoms with Crippen molar-refractivity contribution in [1.29, 1.82) is 0 Å². The Morgan fingerprint density at radius 3 is 2.29 bits per heavy atom. The molecule has 2 aromatic carbocycles. The molecule has 2 rings (SSSR count). The summed E-state index contributed by atoms with van der Waals surface area (Å²) in [4.78, 5) is 16.0. The number of benzene rings is 2. The van der Waals surface area contributed by atoms with Crippen molar-refractivity contribution in [3.63, 3.8) is 0 Å². The third-order valence-corrected chi connectivity index (χ3v) is 3.70. The Bertz CT molecular complexity index is 797.